The summed E-state index contributed by atoms with van der Waals surface area (Å²) in [6, 6.07) is 10.2. The Morgan fingerprint density at radius 2 is 1.55 bits per heavy atom. The minimum atomic E-state index is -0.426. The number of fused-ring (bicyclic) bond motifs is 1. The molecule has 0 radical (unpaired) electrons. The number of nitrogens with zero attached hydrogens (tertiary/aromatic N) is 3. The quantitative estimate of drug-likeness (QED) is 0.841. The van der Waals surface area contributed by atoms with E-state index in [1.165, 1.54) is 5.56 Å². The van der Waals surface area contributed by atoms with Gasteiger partial charge in [-0.05, 0) is 33.3 Å². The van der Waals surface area contributed by atoms with Gasteiger partial charge in [-0.1, -0.05) is 30.3 Å². The molecule has 0 N–H and O–H groups in total. The molecule has 1 aromatic heterocycles. The first-order chi connectivity index (χ1) is 9.38. The molecule has 1 aliphatic heterocycles. The molecule has 2 heterocycles. The van der Waals surface area contributed by atoms with Crippen molar-refractivity contribution in [2.75, 3.05) is 0 Å². The number of benzene rings is 1. The Labute approximate surface area is 119 Å². The summed E-state index contributed by atoms with van der Waals surface area (Å²) in [6.07, 6.45) is 0.692. The molecule has 0 atom stereocenters. The fraction of sp³-hybridized carbons (Fsp3) is 0.438. The van der Waals surface area contributed by atoms with Gasteiger partial charge in [0.15, 0.2) is 5.82 Å². The van der Waals surface area contributed by atoms with Gasteiger partial charge >= 0.3 is 0 Å². The van der Waals surface area contributed by atoms with Crippen molar-refractivity contribution in [1.29, 1.82) is 0 Å². The van der Waals surface area contributed by atoms with Crippen LogP contribution >= 0.6 is 0 Å². The molecule has 0 unspecified atom stereocenters. The van der Waals surface area contributed by atoms with Gasteiger partial charge in [-0.25, -0.2) is 4.98 Å². The van der Waals surface area contributed by atoms with Crippen molar-refractivity contribution >= 4 is 0 Å². The molecule has 1 aromatic carbocycles. The van der Waals surface area contributed by atoms with Crippen molar-refractivity contribution in [3.05, 3.63) is 53.1 Å². The second-order valence-electron chi connectivity index (χ2n) is 6.21. The van der Waals surface area contributed by atoms with E-state index in [2.05, 4.69) is 22.3 Å². The van der Waals surface area contributed by atoms with E-state index in [-0.39, 0.29) is 0 Å². The standard InChI is InChI=1S/C16H19N3O/c1-15(2)13-14(16(3,4)20-15)19-18-12(17-13)10-11-8-6-5-7-9-11/h5-9H,10H2,1-4H3. The lowest BCUT2D eigenvalue weighted by Crippen LogP contribution is -2.23. The second-order valence-corrected chi connectivity index (χ2v) is 6.21. The second kappa shape index (κ2) is 4.35. The molecule has 0 saturated heterocycles. The molecule has 20 heavy (non-hydrogen) atoms. The van der Waals surface area contributed by atoms with Crippen LogP contribution in [0.1, 0.15) is 50.5 Å². The fourth-order valence-electron chi connectivity index (χ4n) is 2.77. The van der Waals surface area contributed by atoms with Gasteiger partial charge in [0, 0.05) is 6.42 Å². The van der Waals surface area contributed by atoms with Crippen LogP contribution in [0.2, 0.25) is 0 Å². The molecule has 104 valence electrons. The Bertz CT molecular complexity index is 635. The van der Waals surface area contributed by atoms with E-state index < -0.39 is 11.2 Å². The molecule has 0 bridgehead atoms. The normalized spacial score (nSPS) is 18.8. The number of rotatable bonds is 2. The minimum absolute atomic E-state index is 0.416. The molecule has 3 rings (SSSR count). The van der Waals surface area contributed by atoms with Crippen LogP contribution in [0.25, 0.3) is 0 Å². The van der Waals surface area contributed by atoms with Gasteiger partial charge in [0.1, 0.15) is 22.6 Å². The molecule has 0 amide bonds. The van der Waals surface area contributed by atoms with Crippen molar-refractivity contribution in [3.8, 4) is 0 Å². The summed E-state index contributed by atoms with van der Waals surface area (Å²) in [6.45, 7) is 8.07. The Balaban J connectivity index is 1.98. The van der Waals surface area contributed by atoms with E-state index in [9.17, 15) is 0 Å². The summed E-state index contributed by atoms with van der Waals surface area (Å²) in [7, 11) is 0. The highest BCUT2D eigenvalue weighted by atomic mass is 16.5. The third kappa shape index (κ3) is 2.20. The first-order valence-electron chi connectivity index (χ1n) is 6.87. The zero-order valence-electron chi connectivity index (χ0n) is 12.3. The number of ether oxygens (including phenoxy) is 1. The lowest BCUT2D eigenvalue weighted by molar-refractivity contribution is -0.107. The molecule has 0 aliphatic carbocycles. The Morgan fingerprint density at radius 3 is 2.25 bits per heavy atom. The fourth-order valence-corrected chi connectivity index (χ4v) is 2.77. The number of aromatic nitrogens is 3. The third-order valence-corrected chi connectivity index (χ3v) is 3.59. The summed E-state index contributed by atoms with van der Waals surface area (Å²) >= 11 is 0. The Morgan fingerprint density at radius 1 is 0.900 bits per heavy atom. The van der Waals surface area contributed by atoms with Crippen molar-refractivity contribution in [3.63, 3.8) is 0 Å². The van der Waals surface area contributed by atoms with E-state index in [0.717, 1.165) is 17.2 Å². The average Bonchev–Trinajstić information content (AvgIpc) is 2.56. The molecular formula is C16H19N3O. The average molecular weight is 269 g/mol. The van der Waals surface area contributed by atoms with Gasteiger partial charge in [-0.3, -0.25) is 0 Å². The monoisotopic (exact) mass is 269 g/mol. The first kappa shape index (κ1) is 13.2. The summed E-state index contributed by atoms with van der Waals surface area (Å²) < 4.78 is 6.05. The van der Waals surface area contributed by atoms with Gasteiger partial charge in [0.25, 0.3) is 0 Å². The van der Waals surface area contributed by atoms with Crippen LogP contribution in [-0.2, 0) is 22.4 Å². The molecule has 0 saturated carbocycles. The molecule has 0 spiro atoms. The maximum atomic E-state index is 6.05. The van der Waals surface area contributed by atoms with Crippen molar-refractivity contribution < 1.29 is 4.74 Å². The maximum Gasteiger partial charge on any atom is 0.155 e. The third-order valence-electron chi connectivity index (χ3n) is 3.59. The van der Waals surface area contributed by atoms with Gasteiger partial charge in [0.05, 0.1) is 0 Å². The van der Waals surface area contributed by atoms with E-state index in [0.29, 0.717) is 6.42 Å². The van der Waals surface area contributed by atoms with E-state index >= 15 is 0 Å². The lowest BCUT2D eigenvalue weighted by atomic mass is 10.0. The highest BCUT2D eigenvalue weighted by Gasteiger charge is 2.46. The zero-order chi connectivity index (χ0) is 14.4. The molecule has 4 nitrogen and oxygen atoms in total. The zero-order valence-corrected chi connectivity index (χ0v) is 12.3. The Kier molecular flexibility index (Phi) is 2.87. The van der Waals surface area contributed by atoms with Gasteiger partial charge in [-0.15, -0.1) is 10.2 Å². The number of hydrogen-bond donors (Lipinski definition) is 0. The van der Waals surface area contributed by atoms with Crippen LogP contribution in [-0.4, -0.2) is 15.2 Å². The minimum Gasteiger partial charge on any atom is -0.357 e. The Hall–Kier alpha value is -1.81. The van der Waals surface area contributed by atoms with E-state index in [1.54, 1.807) is 0 Å². The topological polar surface area (TPSA) is 47.9 Å². The molecule has 2 aromatic rings. The van der Waals surface area contributed by atoms with Crippen molar-refractivity contribution in [2.24, 2.45) is 0 Å². The number of hydrogen-bond acceptors (Lipinski definition) is 4. The van der Waals surface area contributed by atoms with Crippen LogP contribution in [0.4, 0.5) is 0 Å². The summed E-state index contributed by atoms with van der Waals surface area (Å²) in [5.74, 6) is 0.740. The van der Waals surface area contributed by atoms with E-state index in [1.807, 2.05) is 45.9 Å². The largest absolute Gasteiger partial charge is 0.357 e. The molecule has 1 aliphatic rings. The molecule has 0 fully saturated rings. The van der Waals surface area contributed by atoms with Gasteiger partial charge in [0.2, 0.25) is 0 Å². The highest BCUT2D eigenvalue weighted by Crippen LogP contribution is 2.44. The van der Waals surface area contributed by atoms with Crippen molar-refractivity contribution in [2.45, 2.75) is 45.3 Å². The predicted molar refractivity (Wildman–Crippen MR) is 76.2 cm³/mol. The van der Waals surface area contributed by atoms with Crippen LogP contribution in [0.3, 0.4) is 0 Å². The highest BCUT2D eigenvalue weighted by molar-refractivity contribution is 5.29. The summed E-state index contributed by atoms with van der Waals surface area (Å²) in [4.78, 5) is 4.70. The maximum absolute atomic E-state index is 6.05. The van der Waals surface area contributed by atoms with E-state index in [4.69, 9.17) is 9.72 Å². The molecular weight excluding hydrogens is 250 g/mol. The lowest BCUT2D eigenvalue weighted by Gasteiger charge is -2.23. The van der Waals surface area contributed by atoms with Gasteiger partial charge in [-0.2, -0.15) is 0 Å². The van der Waals surface area contributed by atoms with Crippen LogP contribution in [0, 0.1) is 0 Å². The SMILES string of the molecule is CC1(C)OC(C)(C)c2nc(Cc3ccccc3)nnc21. The van der Waals surface area contributed by atoms with Gasteiger partial charge < -0.3 is 4.74 Å². The predicted octanol–water partition coefficient (Wildman–Crippen LogP) is 2.96. The smallest absolute Gasteiger partial charge is 0.155 e. The summed E-state index contributed by atoms with van der Waals surface area (Å²) in [5, 5.41) is 8.63. The first-order valence-corrected chi connectivity index (χ1v) is 6.87. The van der Waals surface area contributed by atoms with Crippen LogP contribution < -0.4 is 0 Å². The van der Waals surface area contributed by atoms with Crippen LogP contribution in [0.5, 0.6) is 0 Å². The summed E-state index contributed by atoms with van der Waals surface area (Å²) in [5.41, 5.74) is 2.10. The molecule has 4 heteroatoms. The van der Waals surface area contributed by atoms with Crippen molar-refractivity contribution in [1.82, 2.24) is 15.2 Å². The van der Waals surface area contributed by atoms with Crippen LogP contribution in [0.15, 0.2) is 30.3 Å².